The normalized spacial score (nSPS) is 20.5. The molecule has 0 bridgehead atoms. The van der Waals surface area contributed by atoms with Gasteiger partial charge >= 0.3 is 0 Å². The Bertz CT molecular complexity index is 905. The van der Waals surface area contributed by atoms with Crippen molar-refractivity contribution in [3.63, 3.8) is 0 Å². The smallest absolute Gasteiger partial charge is 0.247 e. The van der Waals surface area contributed by atoms with Crippen molar-refractivity contribution in [3.05, 3.63) is 64.7 Å². The lowest BCUT2D eigenvalue weighted by molar-refractivity contribution is -0.140. The minimum Gasteiger partial charge on any atom is -0.497 e. The number of carbonyl (C=O) groups is 2. The predicted molar refractivity (Wildman–Crippen MR) is 121 cm³/mol. The number of hydrogen-bond acceptors (Lipinski definition) is 4. The van der Waals surface area contributed by atoms with Crippen LogP contribution in [0.1, 0.15) is 36.8 Å². The molecule has 0 saturated carbocycles. The van der Waals surface area contributed by atoms with Crippen LogP contribution < -0.4 is 4.74 Å². The van der Waals surface area contributed by atoms with E-state index in [9.17, 15) is 9.59 Å². The number of carbonyl (C=O) groups excluding carboxylic acids is 2. The maximum absolute atomic E-state index is 13.0. The number of ether oxygens (including phenoxy) is 1. The molecule has 2 heterocycles. The van der Waals surface area contributed by atoms with E-state index in [0.717, 1.165) is 50.1 Å². The summed E-state index contributed by atoms with van der Waals surface area (Å²) in [4.78, 5) is 29.1. The van der Waals surface area contributed by atoms with Crippen molar-refractivity contribution in [3.8, 4) is 5.75 Å². The quantitative estimate of drug-likeness (QED) is 0.601. The average Bonchev–Trinajstić information content (AvgIpc) is 3.08. The van der Waals surface area contributed by atoms with Crippen LogP contribution in [0, 0.1) is 5.92 Å². The number of halogens is 1. The minimum atomic E-state index is -0.303. The lowest BCUT2D eigenvalue weighted by Gasteiger charge is -2.34. The highest BCUT2D eigenvalue weighted by atomic mass is 35.5. The van der Waals surface area contributed by atoms with Crippen molar-refractivity contribution in [2.24, 2.45) is 5.92 Å². The topological polar surface area (TPSA) is 49.9 Å². The SMILES string of the molecule is COc1ccc(CCC2CCN(C3CC(=O)N(Cc4ccc(Cl)cc4)C3=O)CC2)cc1. The van der Waals surface area contributed by atoms with Gasteiger partial charge in [-0.3, -0.25) is 19.4 Å². The molecule has 2 saturated heterocycles. The van der Waals surface area contributed by atoms with Gasteiger partial charge in [0.15, 0.2) is 0 Å². The van der Waals surface area contributed by atoms with Gasteiger partial charge in [-0.05, 0) is 80.1 Å². The Morgan fingerprint density at radius 1 is 0.968 bits per heavy atom. The van der Waals surface area contributed by atoms with E-state index in [2.05, 4.69) is 17.0 Å². The first-order valence-corrected chi connectivity index (χ1v) is 11.4. The number of imide groups is 1. The molecule has 2 aromatic carbocycles. The van der Waals surface area contributed by atoms with Crippen LogP contribution in [0.25, 0.3) is 0 Å². The zero-order valence-corrected chi connectivity index (χ0v) is 18.7. The lowest BCUT2D eigenvalue weighted by atomic mass is 9.90. The summed E-state index contributed by atoms with van der Waals surface area (Å²) in [6.07, 6.45) is 4.66. The van der Waals surface area contributed by atoms with E-state index in [0.29, 0.717) is 23.9 Å². The first kappa shape index (κ1) is 21.8. The van der Waals surface area contributed by atoms with Crippen LogP contribution in [0.3, 0.4) is 0 Å². The van der Waals surface area contributed by atoms with Gasteiger partial charge in [-0.1, -0.05) is 35.9 Å². The molecular formula is C25H29ClN2O3. The number of rotatable bonds is 7. The summed E-state index contributed by atoms with van der Waals surface area (Å²) in [5.41, 5.74) is 2.25. The summed E-state index contributed by atoms with van der Waals surface area (Å²) in [6.45, 7) is 2.08. The molecule has 6 heteroatoms. The van der Waals surface area contributed by atoms with Gasteiger partial charge in [-0.15, -0.1) is 0 Å². The highest BCUT2D eigenvalue weighted by Gasteiger charge is 2.42. The Hall–Kier alpha value is -2.37. The van der Waals surface area contributed by atoms with Gasteiger partial charge in [0, 0.05) is 5.02 Å². The molecule has 0 N–H and O–H groups in total. The van der Waals surface area contributed by atoms with Gasteiger partial charge in [0.25, 0.3) is 0 Å². The molecule has 2 aliphatic rings. The second kappa shape index (κ2) is 9.84. The number of piperidine rings is 1. The average molecular weight is 441 g/mol. The Balaban J connectivity index is 1.26. The third-order valence-electron chi connectivity index (χ3n) is 6.56. The third-order valence-corrected chi connectivity index (χ3v) is 6.82. The summed E-state index contributed by atoms with van der Waals surface area (Å²) in [5, 5.41) is 0.649. The van der Waals surface area contributed by atoms with Crippen LogP contribution in [0.5, 0.6) is 5.75 Å². The molecule has 1 unspecified atom stereocenters. The van der Waals surface area contributed by atoms with Crippen LogP contribution in [0.4, 0.5) is 0 Å². The highest BCUT2D eigenvalue weighted by Crippen LogP contribution is 2.28. The number of likely N-dealkylation sites (tertiary alicyclic amines) is 2. The van der Waals surface area contributed by atoms with E-state index in [1.54, 1.807) is 19.2 Å². The molecule has 164 valence electrons. The molecule has 2 aliphatic heterocycles. The fraction of sp³-hybridized carbons (Fsp3) is 0.440. The second-order valence-corrected chi connectivity index (χ2v) is 8.97. The molecule has 0 spiro atoms. The number of aryl methyl sites for hydroxylation is 1. The van der Waals surface area contributed by atoms with Crippen LogP contribution in [-0.4, -0.2) is 47.9 Å². The number of nitrogens with zero attached hydrogens (tertiary/aromatic N) is 2. The van der Waals surface area contributed by atoms with Crippen molar-refractivity contribution in [1.82, 2.24) is 9.80 Å². The van der Waals surface area contributed by atoms with E-state index in [1.807, 2.05) is 24.3 Å². The Morgan fingerprint density at radius 3 is 2.26 bits per heavy atom. The van der Waals surface area contributed by atoms with Gasteiger partial charge < -0.3 is 4.74 Å². The maximum Gasteiger partial charge on any atom is 0.247 e. The standard InChI is InChI=1S/C25H29ClN2O3/c1-31-22-10-6-18(7-11-22)2-3-19-12-14-27(15-13-19)23-16-24(29)28(25(23)30)17-20-4-8-21(26)9-5-20/h4-11,19,23H,2-3,12-17H2,1H3. The first-order chi connectivity index (χ1) is 15.0. The van der Waals surface area contributed by atoms with Crippen LogP contribution >= 0.6 is 11.6 Å². The summed E-state index contributed by atoms with van der Waals surface area (Å²) >= 11 is 5.93. The van der Waals surface area contributed by atoms with Crippen molar-refractivity contribution in [1.29, 1.82) is 0 Å². The van der Waals surface area contributed by atoms with E-state index < -0.39 is 0 Å². The molecule has 0 radical (unpaired) electrons. The number of methoxy groups -OCH3 is 1. The lowest BCUT2D eigenvalue weighted by Crippen LogP contribution is -2.45. The van der Waals surface area contributed by atoms with Crippen LogP contribution in [0.2, 0.25) is 5.02 Å². The van der Waals surface area contributed by atoms with Crippen molar-refractivity contribution < 1.29 is 14.3 Å². The zero-order chi connectivity index (χ0) is 21.8. The van der Waals surface area contributed by atoms with Crippen molar-refractivity contribution in [2.75, 3.05) is 20.2 Å². The molecule has 5 nitrogen and oxygen atoms in total. The summed E-state index contributed by atoms with van der Waals surface area (Å²) < 4.78 is 5.22. The van der Waals surface area contributed by atoms with Crippen LogP contribution in [-0.2, 0) is 22.6 Å². The minimum absolute atomic E-state index is 0.0587. The molecule has 4 rings (SSSR count). The fourth-order valence-electron chi connectivity index (χ4n) is 4.61. The summed E-state index contributed by atoms with van der Waals surface area (Å²) in [7, 11) is 1.68. The van der Waals surface area contributed by atoms with Crippen molar-refractivity contribution >= 4 is 23.4 Å². The fourth-order valence-corrected chi connectivity index (χ4v) is 4.73. The molecule has 1 atom stereocenters. The number of amides is 2. The van der Waals surface area contributed by atoms with Gasteiger partial charge in [-0.2, -0.15) is 0 Å². The summed E-state index contributed by atoms with van der Waals surface area (Å²) in [5.74, 6) is 1.41. The largest absolute Gasteiger partial charge is 0.497 e. The van der Waals surface area contributed by atoms with Gasteiger partial charge in [-0.25, -0.2) is 0 Å². The van der Waals surface area contributed by atoms with E-state index in [1.165, 1.54) is 10.5 Å². The highest BCUT2D eigenvalue weighted by molar-refractivity contribution is 6.30. The van der Waals surface area contributed by atoms with E-state index in [-0.39, 0.29) is 17.9 Å². The van der Waals surface area contributed by atoms with E-state index in [4.69, 9.17) is 16.3 Å². The molecule has 31 heavy (non-hydrogen) atoms. The maximum atomic E-state index is 13.0. The molecule has 2 fully saturated rings. The van der Waals surface area contributed by atoms with Crippen molar-refractivity contribution in [2.45, 2.75) is 44.7 Å². The molecule has 2 aromatic rings. The van der Waals surface area contributed by atoms with E-state index >= 15 is 0 Å². The molecule has 2 amide bonds. The molecule has 0 aromatic heterocycles. The number of benzene rings is 2. The summed E-state index contributed by atoms with van der Waals surface area (Å²) in [6, 6.07) is 15.3. The monoisotopic (exact) mass is 440 g/mol. The Kier molecular flexibility index (Phi) is 6.93. The zero-order valence-electron chi connectivity index (χ0n) is 17.9. The Labute approximate surface area is 188 Å². The number of hydrogen-bond donors (Lipinski definition) is 0. The predicted octanol–water partition coefficient (Wildman–Crippen LogP) is 4.32. The van der Waals surface area contributed by atoms with Gasteiger partial charge in [0.05, 0.1) is 26.1 Å². The van der Waals surface area contributed by atoms with Gasteiger partial charge in [0.2, 0.25) is 11.8 Å². The second-order valence-electron chi connectivity index (χ2n) is 8.53. The molecule has 0 aliphatic carbocycles. The van der Waals surface area contributed by atoms with Crippen LogP contribution in [0.15, 0.2) is 48.5 Å². The first-order valence-electron chi connectivity index (χ1n) is 11.0. The molecular weight excluding hydrogens is 412 g/mol. The Morgan fingerprint density at radius 2 is 1.61 bits per heavy atom. The van der Waals surface area contributed by atoms with Gasteiger partial charge in [0.1, 0.15) is 5.75 Å². The third kappa shape index (κ3) is 5.28.